The molecular weight excluding hydrogens is 298 g/mol. The molecule has 5 nitrogen and oxygen atoms in total. The Labute approximate surface area is 140 Å². The van der Waals surface area contributed by atoms with E-state index in [0.717, 1.165) is 22.3 Å². The van der Waals surface area contributed by atoms with Crippen LogP contribution in [-0.4, -0.2) is 14.8 Å². The number of rotatable bonds is 4. The third-order valence-corrected chi connectivity index (χ3v) is 4.65. The fraction of sp³-hybridized carbons (Fsp3) is 0.316. The zero-order valence-corrected chi connectivity index (χ0v) is 13.4. The highest BCUT2D eigenvalue weighted by molar-refractivity contribution is 5.91. The second-order valence-electron chi connectivity index (χ2n) is 6.26. The van der Waals surface area contributed by atoms with Gasteiger partial charge in [0.25, 0.3) is 0 Å². The van der Waals surface area contributed by atoms with E-state index < -0.39 is 0 Å². The fourth-order valence-electron chi connectivity index (χ4n) is 3.41. The molecule has 0 bridgehead atoms. The van der Waals surface area contributed by atoms with Crippen LogP contribution in [-0.2, 0) is 6.54 Å². The molecule has 1 fully saturated rings. The average molecular weight is 317 g/mol. The van der Waals surface area contributed by atoms with Crippen molar-refractivity contribution in [2.75, 3.05) is 5.32 Å². The second kappa shape index (κ2) is 6.32. The van der Waals surface area contributed by atoms with Crippen molar-refractivity contribution in [3.05, 3.63) is 54.0 Å². The predicted octanol–water partition coefficient (Wildman–Crippen LogP) is 4.03. The molecule has 24 heavy (non-hydrogen) atoms. The highest BCUT2D eigenvalue weighted by atomic mass is 15.3. The van der Waals surface area contributed by atoms with Crippen LogP contribution in [0.25, 0.3) is 10.9 Å². The van der Waals surface area contributed by atoms with Crippen molar-refractivity contribution in [2.24, 2.45) is 0 Å². The van der Waals surface area contributed by atoms with Gasteiger partial charge in [-0.1, -0.05) is 31.0 Å². The standard InChI is InChI=1S/C19H19N5/c20-12-15-11-19(17-7-3-4-8-18(17)22-15)21-13-14-9-10-24(23-14)16-5-1-2-6-16/h3-4,7-11,16H,1-2,5-6,13H2,(H,21,22). The van der Waals surface area contributed by atoms with Gasteiger partial charge in [0.05, 0.1) is 23.8 Å². The third-order valence-electron chi connectivity index (χ3n) is 4.65. The number of nitrogens with one attached hydrogen (secondary N) is 1. The summed E-state index contributed by atoms with van der Waals surface area (Å²) in [6.07, 6.45) is 7.15. The Hall–Kier alpha value is -2.87. The van der Waals surface area contributed by atoms with Crippen LogP contribution >= 0.6 is 0 Å². The number of pyridine rings is 1. The zero-order valence-electron chi connectivity index (χ0n) is 13.4. The Morgan fingerprint density at radius 3 is 2.88 bits per heavy atom. The van der Waals surface area contributed by atoms with E-state index in [1.807, 2.05) is 24.3 Å². The molecule has 0 atom stereocenters. The lowest BCUT2D eigenvalue weighted by Crippen LogP contribution is -2.07. The predicted molar refractivity (Wildman–Crippen MR) is 93.5 cm³/mol. The molecule has 3 aromatic rings. The van der Waals surface area contributed by atoms with Crippen LogP contribution in [0.15, 0.2) is 42.6 Å². The molecule has 2 aromatic heterocycles. The van der Waals surface area contributed by atoms with E-state index in [1.54, 1.807) is 6.07 Å². The largest absolute Gasteiger partial charge is 0.379 e. The first-order chi connectivity index (χ1) is 11.8. The quantitative estimate of drug-likeness (QED) is 0.789. The van der Waals surface area contributed by atoms with Crippen LogP contribution in [0, 0.1) is 11.3 Å². The van der Waals surface area contributed by atoms with E-state index in [0.29, 0.717) is 18.3 Å². The maximum Gasteiger partial charge on any atom is 0.143 e. The van der Waals surface area contributed by atoms with Crippen molar-refractivity contribution < 1.29 is 0 Å². The molecule has 0 amide bonds. The summed E-state index contributed by atoms with van der Waals surface area (Å²) in [5, 5.41) is 18.3. The zero-order chi connectivity index (χ0) is 16.4. The minimum absolute atomic E-state index is 0.424. The van der Waals surface area contributed by atoms with E-state index >= 15 is 0 Å². The first-order valence-corrected chi connectivity index (χ1v) is 8.41. The number of fused-ring (bicyclic) bond motifs is 1. The second-order valence-corrected chi connectivity index (χ2v) is 6.26. The van der Waals surface area contributed by atoms with E-state index in [2.05, 4.69) is 33.3 Å². The van der Waals surface area contributed by atoms with Gasteiger partial charge in [0.1, 0.15) is 11.8 Å². The van der Waals surface area contributed by atoms with Gasteiger partial charge < -0.3 is 5.32 Å². The lowest BCUT2D eigenvalue weighted by molar-refractivity contribution is 0.463. The van der Waals surface area contributed by atoms with Crippen LogP contribution < -0.4 is 5.32 Å². The molecule has 2 heterocycles. The van der Waals surface area contributed by atoms with E-state index in [-0.39, 0.29) is 0 Å². The van der Waals surface area contributed by atoms with Gasteiger partial charge in [-0.05, 0) is 31.0 Å². The van der Waals surface area contributed by atoms with Gasteiger partial charge in [-0.15, -0.1) is 0 Å². The molecule has 1 aliphatic rings. The molecular formula is C19H19N5. The summed E-state index contributed by atoms with van der Waals surface area (Å²) < 4.78 is 2.11. The number of anilines is 1. The number of aromatic nitrogens is 3. The van der Waals surface area contributed by atoms with Gasteiger partial charge in [0.2, 0.25) is 0 Å². The Balaban J connectivity index is 1.55. The van der Waals surface area contributed by atoms with Crippen molar-refractivity contribution >= 4 is 16.6 Å². The molecule has 1 aromatic carbocycles. The summed E-state index contributed by atoms with van der Waals surface area (Å²) in [6, 6.07) is 14.4. The Morgan fingerprint density at radius 1 is 1.21 bits per heavy atom. The lowest BCUT2D eigenvalue weighted by atomic mass is 10.1. The number of hydrogen-bond acceptors (Lipinski definition) is 4. The van der Waals surface area contributed by atoms with Crippen LogP contribution in [0.5, 0.6) is 0 Å². The van der Waals surface area contributed by atoms with E-state index in [4.69, 9.17) is 5.10 Å². The summed E-state index contributed by atoms with van der Waals surface area (Å²) >= 11 is 0. The summed E-state index contributed by atoms with van der Waals surface area (Å²) in [6.45, 7) is 0.637. The first kappa shape index (κ1) is 14.7. The molecule has 0 unspecified atom stereocenters. The van der Waals surface area contributed by atoms with Gasteiger partial charge in [0.15, 0.2) is 0 Å². The summed E-state index contributed by atoms with van der Waals surface area (Å²) in [4.78, 5) is 4.34. The van der Waals surface area contributed by atoms with E-state index in [1.165, 1.54) is 25.7 Å². The minimum atomic E-state index is 0.424. The van der Waals surface area contributed by atoms with Gasteiger partial charge >= 0.3 is 0 Å². The lowest BCUT2D eigenvalue weighted by Gasteiger charge is -2.10. The Kier molecular flexibility index (Phi) is 3.87. The minimum Gasteiger partial charge on any atom is -0.379 e. The summed E-state index contributed by atoms with van der Waals surface area (Å²) in [5.74, 6) is 0. The molecule has 0 radical (unpaired) electrons. The maximum absolute atomic E-state index is 9.18. The van der Waals surface area contributed by atoms with Crippen molar-refractivity contribution in [3.63, 3.8) is 0 Å². The normalized spacial score (nSPS) is 14.8. The molecule has 0 aliphatic heterocycles. The fourth-order valence-corrected chi connectivity index (χ4v) is 3.41. The number of para-hydroxylation sites is 1. The molecule has 120 valence electrons. The molecule has 5 heteroatoms. The number of nitrogens with zero attached hydrogens (tertiary/aromatic N) is 4. The monoisotopic (exact) mass is 317 g/mol. The van der Waals surface area contributed by atoms with Crippen molar-refractivity contribution in [1.29, 1.82) is 5.26 Å². The molecule has 0 saturated heterocycles. The smallest absolute Gasteiger partial charge is 0.143 e. The highest BCUT2D eigenvalue weighted by Gasteiger charge is 2.17. The molecule has 1 saturated carbocycles. The molecule has 4 rings (SSSR count). The number of benzene rings is 1. The highest BCUT2D eigenvalue weighted by Crippen LogP contribution is 2.29. The van der Waals surface area contributed by atoms with Gasteiger partial charge in [-0.3, -0.25) is 4.68 Å². The van der Waals surface area contributed by atoms with Crippen LogP contribution in [0.2, 0.25) is 0 Å². The van der Waals surface area contributed by atoms with Gasteiger partial charge in [-0.2, -0.15) is 10.4 Å². The third kappa shape index (κ3) is 2.83. The molecule has 1 aliphatic carbocycles. The maximum atomic E-state index is 9.18. The number of hydrogen-bond donors (Lipinski definition) is 1. The van der Waals surface area contributed by atoms with E-state index in [9.17, 15) is 5.26 Å². The Bertz CT molecular complexity index is 900. The summed E-state index contributed by atoms with van der Waals surface area (Å²) in [5.41, 5.74) is 3.19. The van der Waals surface area contributed by atoms with Gasteiger partial charge in [0, 0.05) is 17.3 Å². The molecule has 1 N–H and O–H groups in total. The van der Waals surface area contributed by atoms with Crippen molar-refractivity contribution in [3.8, 4) is 6.07 Å². The van der Waals surface area contributed by atoms with Crippen LogP contribution in [0.1, 0.15) is 43.1 Å². The number of nitriles is 1. The first-order valence-electron chi connectivity index (χ1n) is 8.41. The van der Waals surface area contributed by atoms with Crippen molar-refractivity contribution in [2.45, 2.75) is 38.3 Å². The van der Waals surface area contributed by atoms with Gasteiger partial charge in [-0.25, -0.2) is 4.98 Å². The topological polar surface area (TPSA) is 66.5 Å². The summed E-state index contributed by atoms with van der Waals surface area (Å²) in [7, 11) is 0. The molecule has 0 spiro atoms. The average Bonchev–Trinajstić information content (AvgIpc) is 3.30. The SMILES string of the molecule is N#Cc1cc(NCc2ccn(C3CCCC3)n2)c2ccccc2n1. The van der Waals surface area contributed by atoms with Crippen molar-refractivity contribution in [1.82, 2.24) is 14.8 Å². The van der Waals surface area contributed by atoms with Crippen LogP contribution in [0.3, 0.4) is 0 Å². The van der Waals surface area contributed by atoms with Crippen LogP contribution in [0.4, 0.5) is 5.69 Å². The Morgan fingerprint density at radius 2 is 2.04 bits per heavy atom.